The molecule has 1 aliphatic heterocycles. The lowest BCUT2D eigenvalue weighted by Crippen LogP contribution is -2.30. The van der Waals surface area contributed by atoms with Crippen molar-refractivity contribution < 1.29 is 28.6 Å². The second-order valence-corrected chi connectivity index (χ2v) is 6.38. The Morgan fingerprint density at radius 2 is 2.04 bits per heavy atom. The summed E-state index contributed by atoms with van der Waals surface area (Å²) in [5.74, 6) is 1.08. The molecule has 1 atom stereocenters. The maximum atomic E-state index is 13.1. The van der Waals surface area contributed by atoms with Gasteiger partial charge in [0.15, 0.2) is 18.1 Å². The van der Waals surface area contributed by atoms with E-state index in [2.05, 4.69) is 0 Å². The van der Waals surface area contributed by atoms with Crippen molar-refractivity contribution in [3.63, 3.8) is 0 Å². The van der Waals surface area contributed by atoms with Crippen LogP contribution in [0.15, 0.2) is 34.7 Å². The fraction of sp³-hybridized carbons (Fsp3) is 0.400. The monoisotopic (exact) mass is 373 g/mol. The summed E-state index contributed by atoms with van der Waals surface area (Å²) in [6, 6.07) is 8.54. The molecular weight excluding hydrogens is 350 g/mol. The van der Waals surface area contributed by atoms with Crippen LogP contribution in [-0.2, 0) is 4.79 Å². The quantitative estimate of drug-likeness (QED) is 0.800. The van der Waals surface area contributed by atoms with Crippen molar-refractivity contribution in [2.24, 2.45) is 0 Å². The third kappa shape index (κ3) is 4.24. The number of ether oxygens (including phenoxy) is 2. The van der Waals surface area contributed by atoms with Gasteiger partial charge in [0, 0.05) is 12.1 Å². The number of furan rings is 1. The first-order valence-electron chi connectivity index (χ1n) is 8.98. The molecule has 1 aromatic heterocycles. The third-order valence-corrected chi connectivity index (χ3v) is 4.44. The summed E-state index contributed by atoms with van der Waals surface area (Å²) in [6.45, 7) is 4.25. The highest BCUT2D eigenvalue weighted by Gasteiger charge is 2.33. The number of hydrogen-bond acceptors (Lipinski definition) is 5. The highest BCUT2D eigenvalue weighted by atomic mass is 16.5. The number of carboxylic acid groups (broad SMARTS) is 1. The minimum Gasteiger partial charge on any atom is -0.490 e. The zero-order chi connectivity index (χ0) is 19.4. The molecule has 1 saturated heterocycles. The van der Waals surface area contributed by atoms with E-state index in [-0.39, 0.29) is 11.9 Å². The van der Waals surface area contributed by atoms with Crippen LogP contribution in [0, 0.1) is 6.92 Å². The zero-order valence-electron chi connectivity index (χ0n) is 15.4. The lowest BCUT2D eigenvalue weighted by molar-refractivity contribution is -0.139. The average molecular weight is 373 g/mol. The predicted molar refractivity (Wildman–Crippen MR) is 97.2 cm³/mol. The van der Waals surface area contributed by atoms with E-state index in [4.69, 9.17) is 19.0 Å². The molecule has 1 aromatic carbocycles. The first-order chi connectivity index (χ1) is 13.0. The molecule has 1 fully saturated rings. The van der Waals surface area contributed by atoms with Gasteiger partial charge in [-0.25, -0.2) is 4.79 Å². The number of carboxylic acids is 1. The Labute approximate surface area is 157 Å². The molecule has 0 aliphatic carbocycles. The van der Waals surface area contributed by atoms with Crippen molar-refractivity contribution in [1.82, 2.24) is 4.90 Å². The number of rotatable bonds is 7. The fourth-order valence-electron chi connectivity index (χ4n) is 3.27. The van der Waals surface area contributed by atoms with Crippen LogP contribution in [0.4, 0.5) is 0 Å². The maximum absolute atomic E-state index is 13.1. The van der Waals surface area contributed by atoms with Gasteiger partial charge < -0.3 is 23.9 Å². The van der Waals surface area contributed by atoms with Crippen LogP contribution in [0.3, 0.4) is 0 Å². The summed E-state index contributed by atoms with van der Waals surface area (Å²) in [5.41, 5.74) is 0.469. The summed E-state index contributed by atoms with van der Waals surface area (Å²) in [4.78, 5) is 25.6. The topological polar surface area (TPSA) is 89.2 Å². The number of carbonyl (C=O) groups is 2. The molecule has 0 spiro atoms. The Bertz CT molecular complexity index is 828. The zero-order valence-corrected chi connectivity index (χ0v) is 15.4. The Morgan fingerprint density at radius 3 is 2.70 bits per heavy atom. The van der Waals surface area contributed by atoms with Crippen LogP contribution in [0.2, 0.25) is 0 Å². The van der Waals surface area contributed by atoms with E-state index in [0.717, 1.165) is 24.4 Å². The molecule has 2 heterocycles. The number of aliphatic carboxylic acids is 1. The van der Waals surface area contributed by atoms with Gasteiger partial charge in [-0.1, -0.05) is 0 Å². The molecule has 1 amide bonds. The number of hydrogen-bond donors (Lipinski definition) is 1. The highest BCUT2D eigenvalue weighted by molar-refractivity contribution is 5.95. The predicted octanol–water partition coefficient (Wildman–Crippen LogP) is 3.43. The summed E-state index contributed by atoms with van der Waals surface area (Å²) < 4.78 is 16.5. The van der Waals surface area contributed by atoms with Gasteiger partial charge in [-0.05, 0) is 57.0 Å². The van der Waals surface area contributed by atoms with Gasteiger partial charge in [-0.3, -0.25) is 4.79 Å². The molecule has 7 heteroatoms. The summed E-state index contributed by atoms with van der Waals surface area (Å²) in [6.07, 6.45) is 1.77. The second-order valence-electron chi connectivity index (χ2n) is 6.38. The molecule has 7 nitrogen and oxygen atoms in total. The Balaban J connectivity index is 1.82. The highest BCUT2D eigenvalue weighted by Crippen LogP contribution is 2.35. The van der Waals surface area contributed by atoms with Crippen LogP contribution in [0.5, 0.6) is 11.5 Å². The van der Waals surface area contributed by atoms with E-state index in [1.165, 1.54) is 0 Å². The van der Waals surface area contributed by atoms with E-state index >= 15 is 0 Å². The Morgan fingerprint density at radius 1 is 1.22 bits per heavy atom. The Kier molecular flexibility index (Phi) is 5.69. The van der Waals surface area contributed by atoms with Crippen LogP contribution < -0.4 is 9.47 Å². The molecule has 1 aliphatic rings. The van der Waals surface area contributed by atoms with Crippen molar-refractivity contribution in [2.75, 3.05) is 19.8 Å². The maximum Gasteiger partial charge on any atom is 0.341 e. The number of carbonyl (C=O) groups excluding carboxylic acids is 1. The van der Waals surface area contributed by atoms with Gasteiger partial charge >= 0.3 is 5.97 Å². The summed E-state index contributed by atoms with van der Waals surface area (Å²) in [5, 5.41) is 8.79. The smallest absolute Gasteiger partial charge is 0.341 e. The van der Waals surface area contributed by atoms with Crippen LogP contribution in [0.25, 0.3) is 0 Å². The fourth-order valence-corrected chi connectivity index (χ4v) is 3.27. The van der Waals surface area contributed by atoms with Gasteiger partial charge in [-0.15, -0.1) is 0 Å². The molecule has 27 heavy (non-hydrogen) atoms. The van der Waals surface area contributed by atoms with Gasteiger partial charge in [0.25, 0.3) is 5.91 Å². The summed E-state index contributed by atoms with van der Waals surface area (Å²) >= 11 is 0. The van der Waals surface area contributed by atoms with Crippen molar-refractivity contribution in [2.45, 2.75) is 32.7 Å². The molecule has 3 rings (SSSR count). The largest absolute Gasteiger partial charge is 0.490 e. The minimum atomic E-state index is -1.08. The molecule has 0 radical (unpaired) electrons. The molecule has 0 saturated carbocycles. The molecule has 2 aromatic rings. The van der Waals surface area contributed by atoms with Gasteiger partial charge in [0.2, 0.25) is 0 Å². The second kappa shape index (κ2) is 8.16. The molecule has 0 bridgehead atoms. The first kappa shape index (κ1) is 18.8. The van der Waals surface area contributed by atoms with E-state index in [1.54, 1.807) is 23.1 Å². The van der Waals surface area contributed by atoms with Crippen molar-refractivity contribution in [3.8, 4) is 11.5 Å². The molecular formula is C20H23NO6. The number of aryl methyl sites for hydroxylation is 1. The van der Waals surface area contributed by atoms with Gasteiger partial charge in [0.1, 0.15) is 11.5 Å². The minimum absolute atomic E-state index is 0.0790. The molecule has 1 unspecified atom stereocenters. The van der Waals surface area contributed by atoms with Crippen molar-refractivity contribution >= 4 is 11.9 Å². The van der Waals surface area contributed by atoms with Crippen molar-refractivity contribution in [1.29, 1.82) is 0 Å². The third-order valence-electron chi connectivity index (χ3n) is 4.44. The Hall–Kier alpha value is -2.96. The van der Waals surface area contributed by atoms with Crippen molar-refractivity contribution in [3.05, 3.63) is 47.4 Å². The van der Waals surface area contributed by atoms with Gasteiger partial charge in [-0.2, -0.15) is 0 Å². The normalized spacial score (nSPS) is 16.4. The molecule has 1 N–H and O–H groups in total. The number of nitrogens with zero attached hydrogens (tertiary/aromatic N) is 1. The number of benzene rings is 1. The van der Waals surface area contributed by atoms with E-state index < -0.39 is 12.6 Å². The van der Waals surface area contributed by atoms with Crippen LogP contribution in [0.1, 0.15) is 47.7 Å². The first-order valence-corrected chi connectivity index (χ1v) is 8.98. The summed E-state index contributed by atoms with van der Waals surface area (Å²) in [7, 11) is 0. The number of likely N-dealkylation sites (tertiary alicyclic amines) is 1. The lowest BCUT2D eigenvalue weighted by atomic mass is 10.1. The number of amides is 1. The van der Waals surface area contributed by atoms with E-state index in [9.17, 15) is 9.59 Å². The molecule has 144 valence electrons. The van der Waals surface area contributed by atoms with Gasteiger partial charge in [0.05, 0.1) is 12.6 Å². The average Bonchev–Trinajstić information content (AvgIpc) is 3.28. The lowest BCUT2D eigenvalue weighted by Gasteiger charge is -2.23. The van der Waals surface area contributed by atoms with E-state index in [1.807, 2.05) is 26.0 Å². The van der Waals surface area contributed by atoms with E-state index in [0.29, 0.717) is 30.2 Å². The SMILES string of the molecule is CCOc1cc(C(=O)N2CCCC2c2ccc(C)o2)ccc1OCC(=O)O. The van der Waals surface area contributed by atoms with Crippen LogP contribution in [-0.4, -0.2) is 41.6 Å². The standard InChI is InChI=1S/C20H23NO6/c1-3-25-18-11-14(7-9-17(18)26-12-19(22)23)20(24)21-10-4-5-15(21)16-8-6-13(2)27-16/h6-9,11,15H,3-5,10,12H2,1-2H3,(H,22,23). The van der Waals surface area contributed by atoms with Crippen LogP contribution >= 0.6 is 0 Å².